The van der Waals surface area contributed by atoms with Crippen molar-refractivity contribution in [3.8, 4) is 34.1 Å². The molecule has 1 heterocycles. The van der Waals surface area contributed by atoms with Gasteiger partial charge in [-0.3, -0.25) is 0 Å². The number of aliphatic carboxylic acids is 1. The highest BCUT2D eigenvalue weighted by atomic mass is 16.5. The van der Waals surface area contributed by atoms with Gasteiger partial charge in [-0.1, -0.05) is 55.8 Å². The lowest BCUT2D eigenvalue weighted by Gasteiger charge is -2.23. The minimum Gasteiger partial charge on any atom is -0.493 e. The van der Waals surface area contributed by atoms with Gasteiger partial charge in [-0.15, -0.1) is 0 Å². The standard InChI is InChI=1S/C31H33NO5/c1-4-5-9-25-20-27(16-17-28(25)37-31(2,3)30(33)34)35-19-18-26-21-36-29(32-26)24-14-12-23(13-15-24)22-10-7-6-8-11-22/h6-8,10-17,20-21H,4-5,9,18-19H2,1-3H3,(H,33,34). The van der Waals surface area contributed by atoms with Crippen molar-refractivity contribution in [2.45, 2.75) is 52.1 Å². The molecule has 0 saturated carbocycles. The van der Waals surface area contributed by atoms with Crippen LogP contribution >= 0.6 is 0 Å². The number of rotatable bonds is 12. The molecular formula is C31H33NO5. The summed E-state index contributed by atoms with van der Waals surface area (Å²) in [5.41, 5.74) is 3.68. The summed E-state index contributed by atoms with van der Waals surface area (Å²) < 4.78 is 17.5. The second-order valence-corrected chi connectivity index (χ2v) is 9.48. The number of hydrogen-bond acceptors (Lipinski definition) is 5. The minimum absolute atomic E-state index is 0.437. The summed E-state index contributed by atoms with van der Waals surface area (Å²) in [6, 6.07) is 23.9. The number of carbonyl (C=O) groups is 1. The number of nitrogens with zero attached hydrogens (tertiary/aromatic N) is 1. The molecule has 0 radical (unpaired) electrons. The Kier molecular flexibility index (Phi) is 8.29. The van der Waals surface area contributed by atoms with E-state index >= 15 is 0 Å². The van der Waals surface area contributed by atoms with Gasteiger partial charge in [-0.25, -0.2) is 9.78 Å². The largest absolute Gasteiger partial charge is 0.493 e. The molecular weight excluding hydrogens is 466 g/mol. The van der Waals surface area contributed by atoms with E-state index in [9.17, 15) is 9.90 Å². The number of carboxylic acid groups (broad SMARTS) is 1. The lowest BCUT2D eigenvalue weighted by molar-refractivity contribution is -0.152. The SMILES string of the molecule is CCCCc1cc(OCCc2coc(-c3ccc(-c4ccccc4)cc3)n2)ccc1OC(C)(C)C(=O)O. The first-order chi connectivity index (χ1) is 17.9. The van der Waals surface area contributed by atoms with Crippen LogP contribution < -0.4 is 9.47 Å². The van der Waals surface area contributed by atoms with Gasteiger partial charge in [0.15, 0.2) is 5.60 Å². The number of carboxylic acids is 1. The zero-order valence-corrected chi connectivity index (χ0v) is 21.6. The first-order valence-corrected chi connectivity index (χ1v) is 12.6. The summed E-state index contributed by atoms with van der Waals surface area (Å²) in [6.45, 7) is 5.65. The molecule has 3 aromatic carbocycles. The molecule has 0 spiro atoms. The van der Waals surface area contributed by atoms with E-state index in [4.69, 9.17) is 13.9 Å². The normalized spacial score (nSPS) is 11.3. The molecule has 0 fully saturated rings. The van der Waals surface area contributed by atoms with Gasteiger partial charge in [0.25, 0.3) is 0 Å². The topological polar surface area (TPSA) is 81.8 Å². The Balaban J connectivity index is 1.37. The van der Waals surface area contributed by atoms with Crippen LogP contribution in [0.15, 0.2) is 83.5 Å². The predicted molar refractivity (Wildman–Crippen MR) is 144 cm³/mol. The zero-order chi connectivity index (χ0) is 26.3. The van der Waals surface area contributed by atoms with Crippen molar-refractivity contribution in [3.63, 3.8) is 0 Å². The van der Waals surface area contributed by atoms with E-state index in [0.717, 1.165) is 41.6 Å². The molecule has 4 aromatic rings. The average molecular weight is 500 g/mol. The summed E-state index contributed by atoms with van der Waals surface area (Å²) >= 11 is 0. The highest BCUT2D eigenvalue weighted by molar-refractivity contribution is 5.77. The number of aromatic nitrogens is 1. The number of hydrogen-bond donors (Lipinski definition) is 1. The third kappa shape index (κ3) is 6.79. The molecule has 0 aliphatic carbocycles. The first-order valence-electron chi connectivity index (χ1n) is 12.6. The fourth-order valence-electron chi connectivity index (χ4n) is 3.89. The molecule has 192 valence electrons. The van der Waals surface area contributed by atoms with E-state index in [1.54, 1.807) is 26.2 Å². The number of ether oxygens (including phenoxy) is 2. The van der Waals surface area contributed by atoms with Crippen molar-refractivity contribution in [1.82, 2.24) is 4.98 Å². The van der Waals surface area contributed by atoms with Gasteiger partial charge in [0.2, 0.25) is 5.89 Å². The van der Waals surface area contributed by atoms with E-state index < -0.39 is 11.6 Å². The Morgan fingerprint density at radius 1 is 0.946 bits per heavy atom. The van der Waals surface area contributed by atoms with E-state index in [1.165, 1.54) is 5.56 Å². The molecule has 0 saturated heterocycles. The van der Waals surface area contributed by atoms with Crippen LogP contribution in [0.25, 0.3) is 22.6 Å². The Labute approximate surface area is 217 Å². The molecule has 4 rings (SSSR count). The molecule has 1 aromatic heterocycles. The highest BCUT2D eigenvalue weighted by Crippen LogP contribution is 2.30. The third-order valence-corrected chi connectivity index (χ3v) is 6.13. The molecule has 0 unspecified atom stereocenters. The van der Waals surface area contributed by atoms with Crippen molar-refractivity contribution in [1.29, 1.82) is 0 Å². The van der Waals surface area contributed by atoms with Crippen LogP contribution in [-0.4, -0.2) is 28.3 Å². The lowest BCUT2D eigenvalue weighted by Crippen LogP contribution is -2.38. The third-order valence-electron chi connectivity index (χ3n) is 6.13. The van der Waals surface area contributed by atoms with Gasteiger partial charge in [0.1, 0.15) is 17.8 Å². The van der Waals surface area contributed by atoms with Crippen LogP contribution in [0.4, 0.5) is 0 Å². The second-order valence-electron chi connectivity index (χ2n) is 9.48. The summed E-state index contributed by atoms with van der Waals surface area (Å²) in [5, 5.41) is 9.42. The van der Waals surface area contributed by atoms with Gasteiger partial charge < -0.3 is 19.0 Å². The average Bonchev–Trinajstić information content (AvgIpc) is 3.38. The maximum Gasteiger partial charge on any atom is 0.347 e. The van der Waals surface area contributed by atoms with Crippen LogP contribution in [0.3, 0.4) is 0 Å². The van der Waals surface area contributed by atoms with Crippen molar-refractivity contribution >= 4 is 5.97 Å². The van der Waals surface area contributed by atoms with Gasteiger partial charge in [-0.05, 0) is 73.7 Å². The van der Waals surface area contributed by atoms with Crippen molar-refractivity contribution in [2.24, 2.45) is 0 Å². The quantitative estimate of drug-likeness (QED) is 0.222. The van der Waals surface area contributed by atoms with Crippen molar-refractivity contribution in [2.75, 3.05) is 6.61 Å². The van der Waals surface area contributed by atoms with Crippen LogP contribution in [-0.2, 0) is 17.6 Å². The first kappa shape index (κ1) is 26.0. The van der Waals surface area contributed by atoms with Crippen molar-refractivity contribution in [3.05, 3.63) is 90.3 Å². The van der Waals surface area contributed by atoms with E-state index in [0.29, 0.717) is 30.4 Å². The van der Waals surface area contributed by atoms with Gasteiger partial charge >= 0.3 is 5.97 Å². The molecule has 37 heavy (non-hydrogen) atoms. The highest BCUT2D eigenvalue weighted by Gasteiger charge is 2.30. The molecule has 1 N–H and O–H groups in total. The second kappa shape index (κ2) is 11.8. The number of unbranched alkanes of at least 4 members (excludes halogenated alkanes) is 1. The summed E-state index contributed by atoms with van der Waals surface area (Å²) in [4.78, 5) is 16.1. The summed E-state index contributed by atoms with van der Waals surface area (Å²) in [5.74, 6) is 0.867. The fourth-order valence-corrected chi connectivity index (χ4v) is 3.89. The van der Waals surface area contributed by atoms with E-state index in [-0.39, 0.29) is 0 Å². The maximum absolute atomic E-state index is 11.5. The molecule has 0 aliphatic heterocycles. The number of oxazole rings is 1. The smallest absolute Gasteiger partial charge is 0.347 e. The Hall–Kier alpha value is -4.06. The van der Waals surface area contributed by atoms with Gasteiger partial charge in [-0.2, -0.15) is 0 Å². The predicted octanol–water partition coefficient (Wildman–Crippen LogP) is 7.21. The Bertz CT molecular complexity index is 1310. The Morgan fingerprint density at radius 2 is 1.65 bits per heavy atom. The maximum atomic E-state index is 11.5. The fraction of sp³-hybridized carbons (Fsp3) is 0.290. The van der Waals surface area contributed by atoms with E-state index in [1.807, 2.05) is 42.5 Å². The zero-order valence-electron chi connectivity index (χ0n) is 21.6. The molecule has 0 aliphatic rings. The number of benzene rings is 3. The van der Waals surface area contributed by atoms with Gasteiger partial charge in [0, 0.05) is 12.0 Å². The van der Waals surface area contributed by atoms with Gasteiger partial charge in [0.05, 0.1) is 12.3 Å². The molecule has 6 nitrogen and oxygen atoms in total. The van der Waals surface area contributed by atoms with Crippen LogP contribution in [0.2, 0.25) is 0 Å². The molecule has 0 bridgehead atoms. The summed E-state index contributed by atoms with van der Waals surface area (Å²) in [7, 11) is 0. The number of aryl methyl sites for hydroxylation is 1. The molecule has 0 amide bonds. The monoisotopic (exact) mass is 499 g/mol. The Morgan fingerprint density at radius 3 is 2.35 bits per heavy atom. The van der Waals surface area contributed by atoms with Crippen LogP contribution in [0.5, 0.6) is 11.5 Å². The minimum atomic E-state index is -1.31. The lowest BCUT2D eigenvalue weighted by atomic mass is 10.0. The molecule has 6 heteroatoms. The van der Waals surface area contributed by atoms with Crippen LogP contribution in [0, 0.1) is 0 Å². The van der Waals surface area contributed by atoms with Crippen LogP contribution in [0.1, 0.15) is 44.9 Å². The van der Waals surface area contributed by atoms with E-state index in [2.05, 4.69) is 36.2 Å². The molecule has 0 atom stereocenters. The summed E-state index contributed by atoms with van der Waals surface area (Å²) in [6.07, 6.45) is 5.05. The van der Waals surface area contributed by atoms with Crippen molar-refractivity contribution < 1.29 is 23.8 Å².